The van der Waals surface area contributed by atoms with Gasteiger partial charge in [0.25, 0.3) is 0 Å². The molecule has 1 heterocycles. The number of hydrogen-bond acceptors (Lipinski definition) is 2. The lowest BCUT2D eigenvalue weighted by Gasteiger charge is -2.26. The molecule has 3 N–H and O–H groups in total. The van der Waals surface area contributed by atoms with E-state index >= 15 is 0 Å². The van der Waals surface area contributed by atoms with E-state index in [4.69, 9.17) is 5.73 Å². The molecule has 0 aliphatic carbocycles. The molecule has 1 aromatic rings. The van der Waals surface area contributed by atoms with Gasteiger partial charge in [-0.1, -0.05) is 13.0 Å². The topological polar surface area (TPSA) is 58.4 Å². The number of rotatable bonds is 2. The Balaban J connectivity index is 2.00. The van der Waals surface area contributed by atoms with E-state index in [9.17, 15) is 4.79 Å². The maximum atomic E-state index is 12.0. The number of carbonyl (C=O) groups is 1. The van der Waals surface area contributed by atoms with Crippen molar-refractivity contribution in [3.8, 4) is 0 Å². The predicted molar refractivity (Wildman–Crippen MR) is 74.7 cm³/mol. The highest BCUT2D eigenvalue weighted by Crippen LogP contribution is 2.19. The molecule has 0 atom stereocenters. The highest BCUT2D eigenvalue weighted by molar-refractivity contribution is 5.90. The molecule has 0 bridgehead atoms. The molecule has 1 aromatic carbocycles. The summed E-state index contributed by atoms with van der Waals surface area (Å²) in [5.41, 5.74) is 8.56. The number of urea groups is 1. The first-order valence-corrected chi connectivity index (χ1v) is 6.65. The summed E-state index contributed by atoms with van der Waals surface area (Å²) in [5, 5.41) is 2.91. The van der Waals surface area contributed by atoms with Crippen LogP contribution in [0.3, 0.4) is 0 Å². The third-order valence-electron chi connectivity index (χ3n) is 3.42. The van der Waals surface area contributed by atoms with Crippen molar-refractivity contribution in [3.05, 3.63) is 23.8 Å². The molecule has 1 aliphatic heterocycles. The van der Waals surface area contributed by atoms with Crippen molar-refractivity contribution in [3.63, 3.8) is 0 Å². The molecule has 4 heteroatoms. The van der Waals surface area contributed by atoms with E-state index in [1.54, 1.807) is 0 Å². The summed E-state index contributed by atoms with van der Waals surface area (Å²) >= 11 is 0. The van der Waals surface area contributed by atoms with Crippen LogP contribution in [0.2, 0.25) is 0 Å². The van der Waals surface area contributed by atoms with Crippen molar-refractivity contribution < 1.29 is 4.79 Å². The Kier molecular flexibility index (Phi) is 4.07. The van der Waals surface area contributed by atoms with Gasteiger partial charge < -0.3 is 16.0 Å². The van der Waals surface area contributed by atoms with Crippen molar-refractivity contribution in [2.24, 2.45) is 0 Å². The van der Waals surface area contributed by atoms with Gasteiger partial charge in [0.05, 0.1) is 0 Å². The lowest BCUT2D eigenvalue weighted by Crippen LogP contribution is -2.38. The second-order valence-electron chi connectivity index (χ2n) is 4.75. The van der Waals surface area contributed by atoms with Crippen molar-refractivity contribution in [2.75, 3.05) is 24.1 Å². The number of carbonyl (C=O) groups excluding carboxylic acids is 1. The van der Waals surface area contributed by atoms with E-state index in [-0.39, 0.29) is 6.03 Å². The number of hydrogen-bond donors (Lipinski definition) is 2. The predicted octanol–water partition coefficient (Wildman–Crippen LogP) is 2.85. The van der Waals surface area contributed by atoms with Gasteiger partial charge in [-0.2, -0.15) is 0 Å². The first-order valence-electron chi connectivity index (χ1n) is 6.65. The largest absolute Gasteiger partial charge is 0.398 e. The quantitative estimate of drug-likeness (QED) is 0.789. The molecule has 0 radical (unpaired) electrons. The maximum absolute atomic E-state index is 12.0. The molecule has 2 rings (SSSR count). The number of aryl methyl sites for hydroxylation is 1. The van der Waals surface area contributed by atoms with Crippen LogP contribution in [0.25, 0.3) is 0 Å². The highest BCUT2D eigenvalue weighted by atomic mass is 16.2. The van der Waals surface area contributed by atoms with Crippen LogP contribution in [0.4, 0.5) is 16.2 Å². The molecule has 98 valence electrons. The first-order chi connectivity index (χ1) is 8.70. The fraction of sp³-hybridized carbons (Fsp3) is 0.500. The summed E-state index contributed by atoms with van der Waals surface area (Å²) in [5.74, 6) is 0. The smallest absolute Gasteiger partial charge is 0.321 e. The van der Waals surface area contributed by atoms with Crippen molar-refractivity contribution in [1.82, 2.24) is 4.90 Å². The number of amides is 2. The summed E-state index contributed by atoms with van der Waals surface area (Å²) in [6.45, 7) is 3.78. The van der Waals surface area contributed by atoms with E-state index in [0.717, 1.165) is 49.3 Å². The number of benzene rings is 1. The van der Waals surface area contributed by atoms with Crippen LogP contribution in [-0.4, -0.2) is 24.0 Å². The van der Waals surface area contributed by atoms with Crippen LogP contribution in [0.5, 0.6) is 0 Å². The van der Waals surface area contributed by atoms with Crippen LogP contribution in [0.15, 0.2) is 18.2 Å². The summed E-state index contributed by atoms with van der Waals surface area (Å²) < 4.78 is 0. The van der Waals surface area contributed by atoms with Crippen LogP contribution >= 0.6 is 0 Å². The lowest BCUT2D eigenvalue weighted by molar-refractivity contribution is 0.200. The molecular formula is C14H21N3O. The molecule has 0 aromatic heterocycles. The van der Waals surface area contributed by atoms with Gasteiger partial charge in [-0.3, -0.25) is 0 Å². The molecule has 4 nitrogen and oxygen atoms in total. The highest BCUT2D eigenvalue weighted by Gasteiger charge is 2.16. The molecule has 0 unspecified atom stereocenters. The zero-order valence-electron chi connectivity index (χ0n) is 10.9. The van der Waals surface area contributed by atoms with Crippen LogP contribution in [0.1, 0.15) is 31.7 Å². The number of nitrogen functional groups attached to an aromatic ring is 1. The molecule has 2 amide bonds. The average Bonchev–Trinajstić information content (AvgIpc) is 2.40. The molecule has 0 saturated carbocycles. The van der Waals surface area contributed by atoms with Gasteiger partial charge in [0.15, 0.2) is 0 Å². The SMILES string of the molecule is CCc1ccc(NC(=O)N2CCCCC2)cc1N. The number of nitrogens with two attached hydrogens (primary N) is 1. The Morgan fingerprint density at radius 1 is 1.33 bits per heavy atom. The first kappa shape index (κ1) is 12.7. The number of nitrogens with one attached hydrogen (secondary N) is 1. The Morgan fingerprint density at radius 2 is 2.06 bits per heavy atom. The Bertz CT molecular complexity index is 425. The summed E-state index contributed by atoms with van der Waals surface area (Å²) in [7, 11) is 0. The third-order valence-corrected chi connectivity index (χ3v) is 3.42. The Morgan fingerprint density at radius 3 is 2.67 bits per heavy atom. The van der Waals surface area contributed by atoms with Crippen LogP contribution in [-0.2, 0) is 6.42 Å². The minimum absolute atomic E-state index is 0.0154. The summed E-state index contributed by atoms with van der Waals surface area (Å²) in [6, 6.07) is 5.71. The molecule has 0 spiro atoms. The van der Waals surface area contributed by atoms with E-state index in [0.29, 0.717) is 0 Å². The van der Waals surface area contributed by atoms with Crippen molar-refractivity contribution in [1.29, 1.82) is 0 Å². The summed E-state index contributed by atoms with van der Waals surface area (Å²) in [6.07, 6.45) is 4.34. The molecular weight excluding hydrogens is 226 g/mol. The van der Waals surface area contributed by atoms with Gasteiger partial charge in [0, 0.05) is 24.5 Å². The van der Waals surface area contributed by atoms with E-state index in [1.165, 1.54) is 6.42 Å². The van der Waals surface area contributed by atoms with Gasteiger partial charge in [-0.15, -0.1) is 0 Å². The van der Waals surface area contributed by atoms with Gasteiger partial charge in [-0.05, 0) is 43.4 Å². The van der Waals surface area contributed by atoms with E-state index in [1.807, 2.05) is 23.1 Å². The van der Waals surface area contributed by atoms with Crippen molar-refractivity contribution in [2.45, 2.75) is 32.6 Å². The second-order valence-corrected chi connectivity index (χ2v) is 4.75. The molecule has 18 heavy (non-hydrogen) atoms. The van der Waals surface area contributed by atoms with Crippen LogP contribution in [0, 0.1) is 0 Å². The maximum Gasteiger partial charge on any atom is 0.321 e. The standard InChI is InChI=1S/C14H21N3O/c1-2-11-6-7-12(10-13(11)15)16-14(18)17-8-4-3-5-9-17/h6-7,10H,2-5,8-9,15H2,1H3,(H,16,18). The number of piperidine rings is 1. The number of anilines is 2. The fourth-order valence-electron chi connectivity index (χ4n) is 2.29. The van der Waals surface area contributed by atoms with Gasteiger partial charge in [0.1, 0.15) is 0 Å². The number of nitrogens with zero attached hydrogens (tertiary/aromatic N) is 1. The van der Waals surface area contributed by atoms with Gasteiger partial charge in [0.2, 0.25) is 0 Å². The summed E-state index contributed by atoms with van der Waals surface area (Å²) in [4.78, 5) is 13.9. The Hall–Kier alpha value is -1.71. The Labute approximate surface area is 108 Å². The van der Waals surface area contributed by atoms with Gasteiger partial charge in [-0.25, -0.2) is 4.79 Å². The third kappa shape index (κ3) is 2.94. The van der Waals surface area contributed by atoms with E-state index < -0.39 is 0 Å². The minimum Gasteiger partial charge on any atom is -0.398 e. The zero-order valence-corrected chi connectivity index (χ0v) is 10.9. The van der Waals surface area contributed by atoms with E-state index in [2.05, 4.69) is 12.2 Å². The zero-order chi connectivity index (χ0) is 13.0. The van der Waals surface area contributed by atoms with Gasteiger partial charge >= 0.3 is 6.03 Å². The fourth-order valence-corrected chi connectivity index (χ4v) is 2.29. The lowest BCUT2D eigenvalue weighted by atomic mass is 10.1. The number of likely N-dealkylation sites (tertiary alicyclic amines) is 1. The monoisotopic (exact) mass is 247 g/mol. The minimum atomic E-state index is -0.0154. The molecule has 1 aliphatic rings. The van der Waals surface area contributed by atoms with Crippen LogP contribution < -0.4 is 11.1 Å². The second kappa shape index (κ2) is 5.76. The molecule has 1 fully saturated rings. The normalized spacial score (nSPS) is 15.5. The molecule has 1 saturated heterocycles. The van der Waals surface area contributed by atoms with Crippen molar-refractivity contribution >= 4 is 17.4 Å². The average molecular weight is 247 g/mol.